The highest BCUT2D eigenvalue weighted by molar-refractivity contribution is 7.10. The van der Waals surface area contributed by atoms with E-state index in [4.69, 9.17) is 14.2 Å². The van der Waals surface area contributed by atoms with E-state index in [1.165, 1.54) is 5.56 Å². The molecule has 0 aliphatic carbocycles. The van der Waals surface area contributed by atoms with Crippen molar-refractivity contribution in [1.29, 1.82) is 0 Å². The van der Waals surface area contributed by atoms with E-state index in [1.807, 2.05) is 35.4 Å². The normalized spacial score (nSPS) is 16.9. The number of thiophene rings is 1. The Morgan fingerprint density at radius 3 is 2.66 bits per heavy atom. The summed E-state index contributed by atoms with van der Waals surface area (Å²) in [5.41, 5.74) is 2.13. The van der Waals surface area contributed by atoms with Gasteiger partial charge in [0, 0.05) is 31.0 Å². The minimum Gasteiger partial charge on any atom is -0.454 e. The van der Waals surface area contributed by atoms with Crippen LogP contribution in [-0.2, 0) is 27.4 Å². The summed E-state index contributed by atoms with van der Waals surface area (Å²) in [6.07, 6.45) is 2.31. The van der Waals surface area contributed by atoms with Crippen molar-refractivity contribution in [2.45, 2.75) is 52.3 Å². The maximum atomic E-state index is 13.5. The van der Waals surface area contributed by atoms with Crippen molar-refractivity contribution in [3.05, 3.63) is 45.6 Å². The molecule has 7 nitrogen and oxygen atoms in total. The third-order valence-corrected chi connectivity index (χ3v) is 6.90. The molecule has 8 heteroatoms. The van der Waals surface area contributed by atoms with E-state index in [2.05, 4.69) is 13.0 Å². The first-order chi connectivity index (χ1) is 15.5. The molecule has 2 amide bonds. The molecule has 4 rings (SSSR count). The molecule has 0 unspecified atom stereocenters. The molecule has 1 atom stereocenters. The van der Waals surface area contributed by atoms with E-state index in [0.29, 0.717) is 31.8 Å². The Morgan fingerprint density at radius 1 is 1.09 bits per heavy atom. The number of hydrogen-bond acceptors (Lipinski definition) is 6. The van der Waals surface area contributed by atoms with Crippen molar-refractivity contribution >= 4 is 23.2 Å². The van der Waals surface area contributed by atoms with Crippen molar-refractivity contribution < 1.29 is 23.8 Å². The second-order valence-electron chi connectivity index (χ2n) is 8.23. The molecule has 2 aliphatic rings. The van der Waals surface area contributed by atoms with Crippen LogP contribution in [0.4, 0.5) is 0 Å². The van der Waals surface area contributed by atoms with Crippen LogP contribution >= 0.6 is 11.3 Å². The van der Waals surface area contributed by atoms with E-state index >= 15 is 0 Å². The van der Waals surface area contributed by atoms with Crippen molar-refractivity contribution in [3.63, 3.8) is 0 Å². The fraction of sp³-hybridized carbons (Fsp3) is 0.500. The van der Waals surface area contributed by atoms with Gasteiger partial charge in [-0.25, -0.2) is 0 Å². The summed E-state index contributed by atoms with van der Waals surface area (Å²) in [6, 6.07) is 7.82. The first-order valence-electron chi connectivity index (χ1n) is 11.1. The highest BCUT2D eigenvalue weighted by atomic mass is 32.1. The number of rotatable bonds is 9. The maximum absolute atomic E-state index is 13.5. The van der Waals surface area contributed by atoms with Gasteiger partial charge in [-0.3, -0.25) is 9.59 Å². The van der Waals surface area contributed by atoms with E-state index in [1.54, 1.807) is 16.2 Å². The van der Waals surface area contributed by atoms with Gasteiger partial charge in [-0.15, -0.1) is 11.3 Å². The van der Waals surface area contributed by atoms with Crippen molar-refractivity contribution in [1.82, 2.24) is 9.80 Å². The van der Waals surface area contributed by atoms with Gasteiger partial charge in [-0.05, 0) is 54.5 Å². The van der Waals surface area contributed by atoms with Crippen LogP contribution in [0, 0.1) is 6.92 Å². The summed E-state index contributed by atoms with van der Waals surface area (Å²) in [6.45, 7) is 6.28. The number of aryl methyl sites for hydroxylation is 1. The number of ether oxygens (including phenoxy) is 3. The van der Waals surface area contributed by atoms with Gasteiger partial charge in [-0.1, -0.05) is 13.0 Å². The van der Waals surface area contributed by atoms with E-state index in [9.17, 15) is 9.59 Å². The molecule has 0 saturated carbocycles. The molecule has 0 bridgehead atoms. The molecule has 32 heavy (non-hydrogen) atoms. The van der Waals surface area contributed by atoms with Crippen LogP contribution in [0.5, 0.6) is 11.5 Å². The Hall–Kier alpha value is -2.58. The lowest BCUT2D eigenvalue weighted by Crippen LogP contribution is -2.45. The Kier molecular flexibility index (Phi) is 7.32. The van der Waals surface area contributed by atoms with Gasteiger partial charge in [0.2, 0.25) is 18.6 Å². The van der Waals surface area contributed by atoms with Gasteiger partial charge in [0.05, 0.1) is 19.2 Å². The van der Waals surface area contributed by atoms with E-state index in [0.717, 1.165) is 35.6 Å². The number of fused-ring (bicyclic) bond motifs is 1. The van der Waals surface area contributed by atoms with Crippen LogP contribution in [0.2, 0.25) is 0 Å². The standard InChI is InChI=1S/C24H30N2O5S/c1-3-23(27)26(13-19-5-4-9-29-19)15-24(28)25(14-22-17(2)8-10-32-22)12-18-6-7-20-21(11-18)31-16-30-20/h6-8,10-11,19H,3-5,9,12-16H2,1-2H3/t19-/m1/s1. The van der Waals surface area contributed by atoms with Gasteiger partial charge < -0.3 is 24.0 Å². The molecule has 0 N–H and O–H groups in total. The summed E-state index contributed by atoms with van der Waals surface area (Å²) in [5.74, 6) is 1.32. The molecule has 3 heterocycles. The average Bonchev–Trinajstić information content (AvgIpc) is 3.55. The predicted molar refractivity (Wildman–Crippen MR) is 122 cm³/mol. The maximum Gasteiger partial charge on any atom is 0.242 e. The Bertz CT molecular complexity index is 954. The first kappa shape index (κ1) is 22.6. The van der Waals surface area contributed by atoms with Gasteiger partial charge in [0.25, 0.3) is 0 Å². The number of hydrogen-bond donors (Lipinski definition) is 0. The average molecular weight is 459 g/mol. The highest BCUT2D eigenvalue weighted by Crippen LogP contribution is 2.33. The summed E-state index contributed by atoms with van der Waals surface area (Å²) in [5, 5.41) is 2.04. The molecular weight excluding hydrogens is 428 g/mol. The molecule has 0 radical (unpaired) electrons. The molecule has 172 valence electrons. The Balaban J connectivity index is 1.51. The fourth-order valence-corrected chi connectivity index (χ4v) is 4.93. The van der Waals surface area contributed by atoms with Crippen LogP contribution in [0.15, 0.2) is 29.6 Å². The molecule has 1 aromatic heterocycles. The predicted octanol–water partition coefficient (Wildman–Crippen LogP) is 3.73. The van der Waals surface area contributed by atoms with Gasteiger partial charge in [0.15, 0.2) is 11.5 Å². The molecule has 2 aliphatic heterocycles. The second-order valence-corrected chi connectivity index (χ2v) is 9.23. The smallest absolute Gasteiger partial charge is 0.242 e. The zero-order valence-corrected chi connectivity index (χ0v) is 19.5. The molecule has 1 fully saturated rings. The van der Waals surface area contributed by atoms with Gasteiger partial charge in [-0.2, -0.15) is 0 Å². The molecule has 2 aromatic rings. The lowest BCUT2D eigenvalue weighted by atomic mass is 10.1. The molecule has 1 aromatic carbocycles. The molecule has 0 spiro atoms. The first-order valence-corrected chi connectivity index (χ1v) is 12.0. The van der Waals surface area contributed by atoms with Gasteiger partial charge >= 0.3 is 0 Å². The summed E-state index contributed by atoms with van der Waals surface area (Å²) < 4.78 is 16.6. The number of carbonyl (C=O) groups is 2. The van der Waals surface area contributed by atoms with Crippen LogP contribution < -0.4 is 9.47 Å². The number of amides is 2. The van der Waals surface area contributed by atoms with Crippen LogP contribution in [0.25, 0.3) is 0 Å². The number of benzene rings is 1. The zero-order valence-electron chi connectivity index (χ0n) is 18.7. The van der Waals surface area contributed by atoms with Crippen LogP contribution in [-0.4, -0.2) is 54.2 Å². The lowest BCUT2D eigenvalue weighted by Gasteiger charge is -2.29. The number of carbonyl (C=O) groups excluding carboxylic acids is 2. The number of nitrogens with zero attached hydrogens (tertiary/aromatic N) is 2. The van der Waals surface area contributed by atoms with Crippen molar-refractivity contribution in [2.75, 3.05) is 26.5 Å². The Morgan fingerprint density at radius 2 is 1.94 bits per heavy atom. The second kappa shape index (κ2) is 10.4. The van der Waals surface area contributed by atoms with Crippen molar-refractivity contribution in [2.24, 2.45) is 0 Å². The molecule has 1 saturated heterocycles. The fourth-order valence-electron chi connectivity index (χ4n) is 4.01. The van der Waals surface area contributed by atoms with Crippen molar-refractivity contribution in [3.8, 4) is 11.5 Å². The quantitative estimate of drug-likeness (QED) is 0.573. The lowest BCUT2D eigenvalue weighted by molar-refractivity contribution is -0.142. The highest BCUT2D eigenvalue weighted by Gasteiger charge is 2.26. The van der Waals surface area contributed by atoms with Gasteiger partial charge in [0.1, 0.15) is 0 Å². The van der Waals surface area contributed by atoms with Crippen LogP contribution in [0.3, 0.4) is 0 Å². The van der Waals surface area contributed by atoms with Crippen LogP contribution in [0.1, 0.15) is 42.2 Å². The topological polar surface area (TPSA) is 68.3 Å². The zero-order chi connectivity index (χ0) is 22.5. The van der Waals surface area contributed by atoms with E-state index < -0.39 is 0 Å². The summed E-state index contributed by atoms with van der Waals surface area (Å²) in [7, 11) is 0. The third kappa shape index (κ3) is 5.42. The SMILES string of the molecule is CCC(=O)N(CC(=O)N(Cc1ccc2c(c1)OCO2)Cc1sccc1C)C[C@H]1CCCO1. The third-order valence-electron chi connectivity index (χ3n) is 5.90. The minimum absolute atomic E-state index is 0.0140. The summed E-state index contributed by atoms with van der Waals surface area (Å²) in [4.78, 5) is 30.7. The monoisotopic (exact) mass is 458 g/mol. The largest absolute Gasteiger partial charge is 0.454 e. The Labute approximate surface area is 192 Å². The van der Waals surface area contributed by atoms with E-state index in [-0.39, 0.29) is 31.3 Å². The minimum atomic E-state index is -0.0738. The molecular formula is C24H30N2O5S. The summed E-state index contributed by atoms with van der Waals surface area (Å²) >= 11 is 1.64.